The van der Waals surface area contributed by atoms with Crippen molar-refractivity contribution < 1.29 is 9.18 Å². The number of amides is 1. The van der Waals surface area contributed by atoms with Crippen LogP contribution in [-0.4, -0.2) is 28.9 Å². The lowest BCUT2D eigenvalue weighted by Gasteiger charge is -2.37. The second-order valence-corrected chi connectivity index (χ2v) is 7.74. The number of nitrogens with one attached hydrogen (secondary N) is 1. The molecule has 1 saturated heterocycles. The summed E-state index contributed by atoms with van der Waals surface area (Å²) in [6.07, 6.45) is 5.85. The van der Waals surface area contributed by atoms with Crippen LogP contribution in [0.1, 0.15) is 43.0 Å². The molecule has 0 bridgehead atoms. The van der Waals surface area contributed by atoms with Gasteiger partial charge in [0.15, 0.2) is 0 Å². The number of carbonyl (C=O) groups excluding carboxylic acids is 1. The van der Waals surface area contributed by atoms with Crippen LogP contribution in [0.2, 0.25) is 0 Å². The van der Waals surface area contributed by atoms with Crippen LogP contribution in [0.15, 0.2) is 48.7 Å². The van der Waals surface area contributed by atoms with Crippen molar-refractivity contribution in [1.82, 2.24) is 15.2 Å². The first kappa shape index (κ1) is 18.1. The average Bonchev–Trinajstić information content (AvgIpc) is 3.54. The lowest BCUT2D eigenvalue weighted by molar-refractivity contribution is -0.123. The van der Waals surface area contributed by atoms with Gasteiger partial charge in [-0.3, -0.25) is 14.7 Å². The summed E-state index contributed by atoms with van der Waals surface area (Å²) in [4.78, 5) is 19.3. The number of hydrogen-bond acceptors (Lipinski definition) is 3. The molecule has 1 aliphatic heterocycles. The van der Waals surface area contributed by atoms with Gasteiger partial charge in [0, 0.05) is 30.8 Å². The number of likely N-dealkylation sites (tertiary alicyclic amines) is 1. The Morgan fingerprint density at radius 3 is 2.74 bits per heavy atom. The number of benzene rings is 1. The second kappa shape index (κ2) is 8.17. The van der Waals surface area contributed by atoms with Crippen LogP contribution in [0.5, 0.6) is 0 Å². The summed E-state index contributed by atoms with van der Waals surface area (Å²) in [7, 11) is 0. The normalized spacial score (nSPS) is 21.6. The van der Waals surface area contributed by atoms with Gasteiger partial charge in [-0.2, -0.15) is 0 Å². The molecule has 1 N–H and O–H groups in total. The van der Waals surface area contributed by atoms with Crippen LogP contribution in [0, 0.1) is 17.7 Å². The minimum atomic E-state index is -0.150. The highest BCUT2D eigenvalue weighted by atomic mass is 19.1. The van der Waals surface area contributed by atoms with Crippen molar-refractivity contribution in [1.29, 1.82) is 0 Å². The molecule has 2 heterocycles. The topological polar surface area (TPSA) is 45.2 Å². The van der Waals surface area contributed by atoms with Crippen molar-refractivity contribution in [3.8, 4) is 0 Å². The lowest BCUT2D eigenvalue weighted by atomic mass is 9.88. The fourth-order valence-electron chi connectivity index (χ4n) is 3.98. The summed E-state index contributed by atoms with van der Waals surface area (Å²) in [5, 5.41) is 3.26. The molecule has 27 heavy (non-hydrogen) atoms. The van der Waals surface area contributed by atoms with E-state index in [1.807, 2.05) is 30.3 Å². The van der Waals surface area contributed by atoms with Gasteiger partial charge in [0.1, 0.15) is 5.82 Å². The highest BCUT2D eigenvalue weighted by Gasteiger charge is 2.35. The molecular formula is C22H26FN3O. The predicted octanol–water partition coefficient (Wildman–Crippen LogP) is 3.70. The van der Waals surface area contributed by atoms with Crippen LogP contribution < -0.4 is 5.32 Å². The molecule has 1 aliphatic carbocycles. The molecule has 2 atom stereocenters. The van der Waals surface area contributed by atoms with Crippen LogP contribution in [-0.2, 0) is 11.3 Å². The van der Waals surface area contributed by atoms with Crippen molar-refractivity contribution in [2.75, 3.05) is 13.1 Å². The third kappa shape index (κ3) is 4.53. The number of piperidine rings is 1. The van der Waals surface area contributed by atoms with Crippen LogP contribution in [0.25, 0.3) is 0 Å². The minimum Gasteiger partial charge on any atom is -0.347 e. The quantitative estimate of drug-likeness (QED) is 0.847. The third-order valence-electron chi connectivity index (χ3n) is 5.62. The second-order valence-electron chi connectivity index (χ2n) is 7.74. The van der Waals surface area contributed by atoms with Crippen LogP contribution in [0.3, 0.4) is 0 Å². The SMILES string of the molecule is O=C(N[C@@H](c1ccccn1)[C@@H]1CCCN(Cc2ccccc2F)C1)C1CC1. The van der Waals surface area contributed by atoms with E-state index in [9.17, 15) is 9.18 Å². The third-order valence-corrected chi connectivity index (χ3v) is 5.62. The summed E-state index contributed by atoms with van der Waals surface area (Å²) in [5.41, 5.74) is 1.65. The Bertz CT molecular complexity index is 778. The Morgan fingerprint density at radius 1 is 1.19 bits per heavy atom. The van der Waals surface area contributed by atoms with E-state index >= 15 is 0 Å². The molecular weight excluding hydrogens is 341 g/mol. The number of aromatic nitrogens is 1. The van der Waals surface area contributed by atoms with E-state index in [1.165, 1.54) is 6.07 Å². The van der Waals surface area contributed by atoms with Crippen LogP contribution in [0.4, 0.5) is 4.39 Å². The van der Waals surface area contributed by atoms with Crippen molar-refractivity contribution >= 4 is 5.91 Å². The van der Waals surface area contributed by atoms with Gasteiger partial charge in [0.2, 0.25) is 5.91 Å². The van der Waals surface area contributed by atoms with Crippen LogP contribution >= 0.6 is 0 Å². The zero-order chi connectivity index (χ0) is 18.6. The van der Waals surface area contributed by atoms with E-state index in [0.29, 0.717) is 6.54 Å². The number of halogens is 1. The Balaban J connectivity index is 1.49. The van der Waals surface area contributed by atoms with Gasteiger partial charge >= 0.3 is 0 Å². The predicted molar refractivity (Wildman–Crippen MR) is 102 cm³/mol. The number of nitrogens with zero attached hydrogens (tertiary/aromatic N) is 2. The van der Waals surface area contributed by atoms with E-state index in [1.54, 1.807) is 12.3 Å². The number of rotatable bonds is 6. The molecule has 1 aromatic heterocycles. The average molecular weight is 367 g/mol. The first-order valence-electron chi connectivity index (χ1n) is 9.88. The van der Waals surface area contributed by atoms with E-state index in [4.69, 9.17) is 0 Å². The van der Waals surface area contributed by atoms with Gasteiger partial charge in [-0.15, -0.1) is 0 Å². The van der Waals surface area contributed by atoms with Gasteiger partial charge in [-0.05, 0) is 56.3 Å². The standard InChI is InChI=1S/C22H26FN3O/c23-19-8-2-1-6-17(19)14-26-13-5-7-18(15-26)21(20-9-3-4-12-24-20)25-22(27)16-10-11-16/h1-4,6,8-9,12,16,18,21H,5,7,10-11,13-15H2,(H,25,27)/t18-,21-/m1/s1. The number of hydrogen-bond donors (Lipinski definition) is 1. The zero-order valence-corrected chi connectivity index (χ0v) is 15.5. The smallest absolute Gasteiger partial charge is 0.223 e. The van der Waals surface area contributed by atoms with E-state index < -0.39 is 0 Å². The highest BCUT2D eigenvalue weighted by Crippen LogP contribution is 2.33. The molecule has 4 rings (SSSR count). The first-order valence-corrected chi connectivity index (χ1v) is 9.88. The zero-order valence-electron chi connectivity index (χ0n) is 15.5. The highest BCUT2D eigenvalue weighted by molar-refractivity contribution is 5.81. The van der Waals surface area contributed by atoms with Crippen molar-refractivity contribution in [3.63, 3.8) is 0 Å². The molecule has 1 aromatic carbocycles. The largest absolute Gasteiger partial charge is 0.347 e. The van der Waals surface area contributed by atoms with E-state index in [0.717, 1.165) is 50.0 Å². The van der Waals surface area contributed by atoms with Crippen molar-refractivity contribution in [3.05, 3.63) is 65.7 Å². The summed E-state index contributed by atoms with van der Waals surface area (Å²) in [6.45, 7) is 2.39. The summed E-state index contributed by atoms with van der Waals surface area (Å²) in [6, 6.07) is 12.8. The number of carbonyl (C=O) groups is 1. The molecule has 0 radical (unpaired) electrons. The summed E-state index contributed by atoms with van der Waals surface area (Å²) < 4.78 is 14.0. The minimum absolute atomic E-state index is 0.0808. The van der Waals surface area contributed by atoms with Gasteiger partial charge in [-0.25, -0.2) is 4.39 Å². The van der Waals surface area contributed by atoms with E-state index in [-0.39, 0.29) is 29.6 Å². The van der Waals surface area contributed by atoms with Gasteiger partial charge < -0.3 is 5.32 Å². The molecule has 0 unspecified atom stereocenters. The maximum absolute atomic E-state index is 14.0. The molecule has 1 amide bonds. The fourth-order valence-corrected chi connectivity index (χ4v) is 3.98. The fraction of sp³-hybridized carbons (Fsp3) is 0.455. The Kier molecular flexibility index (Phi) is 5.48. The molecule has 1 saturated carbocycles. The molecule has 2 fully saturated rings. The first-order chi connectivity index (χ1) is 13.2. The van der Waals surface area contributed by atoms with Gasteiger partial charge in [0.05, 0.1) is 11.7 Å². The summed E-state index contributed by atoms with van der Waals surface area (Å²) >= 11 is 0. The molecule has 4 nitrogen and oxygen atoms in total. The maximum Gasteiger partial charge on any atom is 0.223 e. The van der Waals surface area contributed by atoms with Gasteiger partial charge in [-0.1, -0.05) is 24.3 Å². The Hall–Kier alpha value is -2.27. The lowest BCUT2D eigenvalue weighted by Crippen LogP contribution is -2.43. The van der Waals surface area contributed by atoms with Gasteiger partial charge in [0.25, 0.3) is 0 Å². The monoisotopic (exact) mass is 367 g/mol. The van der Waals surface area contributed by atoms with Crippen molar-refractivity contribution in [2.45, 2.75) is 38.3 Å². The molecule has 2 aliphatic rings. The molecule has 142 valence electrons. The maximum atomic E-state index is 14.0. The molecule has 0 spiro atoms. The van der Waals surface area contributed by atoms with Crippen molar-refractivity contribution in [2.24, 2.45) is 11.8 Å². The molecule has 5 heteroatoms. The Morgan fingerprint density at radius 2 is 2.00 bits per heavy atom. The molecule has 2 aromatic rings. The summed E-state index contributed by atoms with van der Waals surface area (Å²) in [5.74, 6) is 0.456. The number of pyridine rings is 1. The Labute approximate surface area is 159 Å². The van der Waals surface area contributed by atoms with E-state index in [2.05, 4.69) is 15.2 Å².